The monoisotopic (exact) mass is 479 g/mol. The number of carbonyl (C=O) groups excluding carboxylic acids is 1. The summed E-state index contributed by atoms with van der Waals surface area (Å²) in [5.41, 5.74) is 7.24. The predicted octanol–water partition coefficient (Wildman–Crippen LogP) is 4.32. The molecule has 0 aliphatic carbocycles. The van der Waals surface area contributed by atoms with Gasteiger partial charge in [-0.05, 0) is 31.2 Å². The molecule has 0 saturated carbocycles. The number of rotatable bonds is 8. The van der Waals surface area contributed by atoms with Crippen LogP contribution < -0.4 is 20.7 Å². The normalized spacial score (nSPS) is 14.4. The van der Waals surface area contributed by atoms with Gasteiger partial charge in [-0.2, -0.15) is 0 Å². The molecule has 0 bridgehead atoms. The molecule has 1 fully saturated rings. The Kier molecular flexibility index (Phi) is 7.69. The predicted molar refractivity (Wildman–Crippen MR) is 133 cm³/mol. The third-order valence-corrected chi connectivity index (χ3v) is 6.03. The van der Waals surface area contributed by atoms with Crippen LogP contribution in [-0.2, 0) is 0 Å². The van der Waals surface area contributed by atoms with Gasteiger partial charge in [0.1, 0.15) is 11.4 Å². The van der Waals surface area contributed by atoms with Gasteiger partial charge in [-0.3, -0.25) is 14.8 Å². The summed E-state index contributed by atoms with van der Waals surface area (Å²) < 4.78 is 20.5. The average Bonchev–Trinajstić information content (AvgIpc) is 2.88. The highest BCUT2D eigenvalue weighted by Crippen LogP contribution is 2.29. The van der Waals surface area contributed by atoms with Gasteiger partial charge in [-0.15, -0.1) is 0 Å². The van der Waals surface area contributed by atoms with Crippen molar-refractivity contribution in [2.45, 2.75) is 39.5 Å². The first kappa shape index (κ1) is 24.3. The van der Waals surface area contributed by atoms with E-state index >= 15 is 0 Å². The molecule has 0 aromatic carbocycles. The van der Waals surface area contributed by atoms with E-state index in [2.05, 4.69) is 44.0 Å². The third kappa shape index (κ3) is 5.82. The number of amides is 1. The smallest absolute Gasteiger partial charge is 0.276 e. The van der Waals surface area contributed by atoms with Gasteiger partial charge in [0.15, 0.2) is 11.5 Å². The maximum atomic E-state index is 14.8. The Morgan fingerprint density at radius 1 is 1.20 bits per heavy atom. The Hall–Kier alpha value is -3.82. The topological polar surface area (TPSA) is 119 Å². The second-order valence-electron chi connectivity index (χ2n) is 8.72. The van der Waals surface area contributed by atoms with Crippen molar-refractivity contribution in [1.82, 2.24) is 19.9 Å². The maximum absolute atomic E-state index is 14.8. The number of nitrogens with one attached hydrogen (secondary N) is 1. The first-order chi connectivity index (χ1) is 17.0. The van der Waals surface area contributed by atoms with E-state index in [4.69, 9.17) is 10.5 Å². The van der Waals surface area contributed by atoms with Crippen LogP contribution in [0.5, 0.6) is 5.88 Å². The Labute approximate surface area is 204 Å². The number of nitrogens with zero attached hydrogens (tertiary/aromatic N) is 5. The van der Waals surface area contributed by atoms with Crippen LogP contribution in [-0.4, -0.2) is 45.5 Å². The van der Waals surface area contributed by atoms with Gasteiger partial charge in [-0.1, -0.05) is 20.3 Å². The van der Waals surface area contributed by atoms with Crippen LogP contribution in [0, 0.1) is 11.7 Å². The molecule has 4 rings (SSSR count). The van der Waals surface area contributed by atoms with Gasteiger partial charge >= 0.3 is 0 Å². The number of ether oxygens (including phenoxy) is 1. The molecule has 3 aromatic rings. The number of carbonyl (C=O) groups is 1. The summed E-state index contributed by atoms with van der Waals surface area (Å²) in [6.07, 6.45) is 10.4. The van der Waals surface area contributed by atoms with E-state index in [9.17, 15) is 9.18 Å². The lowest BCUT2D eigenvalue weighted by atomic mass is 10.1. The molecule has 1 unspecified atom stereocenters. The van der Waals surface area contributed by atoms with Crippen LogP contribution in [0.4, 0.5) is 21.5 Å². The zero-order valence-corrected chi connectivity index (χ0v) is 20.0. The minimum absolute atomic E-state index is 0.0794. The first-order valence-electron chi connectivity index (χ1n) is 11.9. The summed E-state index contributed by atoms with van der Waals surface area (Å²) in [7, 11) is 0. The average molecular weight is 480 g/mol. The largest absolute Gasteiger partial charge is 0.476 e. The van der Waals surface area contributed by atoms with Crippen molar-refractivity contribution in [2.75, 3.05) is 35.6 Å². The van der Waals surface area contributed by atoms with E-state index in [0.717, 1.165) is 44.1 Å². The van der Waals surface area contributed by atoms with E-state index in [0.29, 0.717) is 18.2 Å². The van der Waals surface area contributed by atoms with E-state index < -0.39 is 11.7 Å². The molecule has 1 aliphatic heterocycles. The summed E-state index contributed by atoms with van der Waals surface area (Å²) in [6.45, 7) is 6.40. The van der Waals surface area contributed by atoms with E-state index in [1.54, 1.807) is 12.4 Å². The molecule has 3 N–H and O–H groups in total. The highest BCUT2D eigenvalue weighted by Gasteiger charge is 2.21. The van der Waals surface area contributed by atoms with Crippen molar-refractivity contribution < 1.29 is 13.9 Å². The molecule has 0 radical (unpaired) electrons. The lowest BCUT2D eigenvalue weighted by molar-refractivity contribution is 0.102. The summed E-state index contributed by atoms with van der Waals surface area (Å²) in [4.78, 5) is 32.2. The quantitative estimate of drug-likeness (QED) is 0.490. The number of halogens is 1. The fourth-order valence-electron chi connectivity index (χ4n) is 3.82. The number of aromatic nitrogens is 4. The molecule has 9 nitrogen and oxygen atoms in total. The second kappa shape index (κ2) is 11.1. The molecular weight excluding hydrogens is 449 g/mol. The Balaban J connectivity index is 1.59. The molecule has 3 aromatic heterocycles. The van der Waals surface area contributed by atoms with Crippen molar-refractivity contribution in [3.63, 3.8) is 0 Å². The van der Waals surface area contributed by atoms with Crippen molar-refractivity contribution in [1.29, 1.82) is 0 Å². The first-order valence-corrected chi connectivity index (χ1v) is 11.9. The van der Waals surface area contributed by atoms with E-state index in [-0.39, 0.29) is 28.6 Å². The molecule has 184 valence electrons. The van der Waals surface area contributed by atoms with Gasteiger partial charge in [0, 0.05) is 25.4 Å². The van der Waals surface area contributed by atoms with Gasteiger partial charge < -0.3 is 20.7 Å². The van der Waals surface area contributed by atoms with E-state index in [1.807, 2.05) is 6.07 Å². The number of piperidine rings is 1. The Morgan fingerprint density at radius 2 is 2.00 bits per heavy atom. The second-order valence-corrected chi connectivity index (χ2v) is 8.72. The Bertz CT molecular complexity index is 1180. The molecule has 35 heavy (non-hydrogen) atoms. The van der Waals surface area contributed by atoms with Crippen LogP contribution in [0.3, 0.4) is 0 Å². The molecule has 0 spiro atoms. The van der Waals surface area contributed by atoms with Crippen molar-refractivity contribution in [3.8, 4) is 17.3 Å². The molecule has 1 saturated heterocycles. The summed E-state index contributed by atoms with van der Waals surface area (Å²) in [6, 6.07) is 2.94. The van der Waals surface area contributed by atoms with Crippen LogP contribution in [0.2, 0.25) is 0 Å². The van der Waals surface area contributed by atoms with Crippen LogP contribution in [0.15, 0.2) is 36.9 Å². The van der Waals surface area contributed by atoms with Crippen LogP contribution in [0.25, 0.3) is 11.4 Å². The number of hydrogen-bond acceptors (Lipinski definition) is 8. The number of nitrogen functional groups attached to an aromatic ring is 1. The van der Waals surface area contributed by atoms with Gasteiger partial charge in [0.05, 0.1) is 42.3 Å². The van der Waals surface area contributed by atoms with Gasteiger partial charge in [0.2, 0.25) is 5.88 Å². The highest BCUT2D eigenvalue weighted by atomic mass is 19.1. The number of pyridine rings is 2. The van der Waals surface area contributed by atoms with E-state index in [1.165, 1.54) is 18.8 Å². The minimum Gasteiger partial charge on any atom is -0.476 e. The zero-order chi connectivity index (χ0) is 24.8. The fraction of sp³-hybridized carbons (Fsp3) is 0.400. The summed E-state index contributed by atoms with van der Waals surface area (Å²) in [5.74, 6) is -0.673. The van der Waals surface area contributed by atoms with Crippen molar-refractivity contribution >= 4 is 23.0 Å². The lowest BCUT2D eigenvalue weighted by Gasteiger charge is -2.30. The van der Waals surface area contributed by atoms with Crippen molar-refractivity contribution in [2.24, 2.45) is 5.92 Å². The van der Waals surface area contributed by atoms with Crippen LogP contribution >= 0.6 is 0 Å². The molecule has 1 amide bonds. The number of nitrogens with two attached hydrogens (primary N) is 1. The summed E-state index contributed by atoms with van der Waals surface area (Å²) >= 11 is 0. The standard InChI is InChI=1S/C25H30FN7O2/c1-3-16(2)15-35-22-14-29-13-20(30-22)23-17(26)11-18(27)24(32-23)25(34)31-19-12-28-8-7-21(19)33-9-5-4-6-10-33/h7-8,11-14,16H,3-6,9-10,15,27H2,1-2H3,(H,31,34). The lowest BCUT2D eigenvalue weighted by Crippen LogP contribution is -2.30. The minimum atomic E-state index is -0.706. The third-order valence-electron chi connectivity index (χ3n) is 6.03. The van der Waals surface area contributed by atoms with Crippen LogP contribution in [0.1, 0.15) is 50.0 Å². The molecule has 10 heteroatoms. The van der Waals surface area contributed by atoms with Crippen molar-refractivity contribution in [3.05, 3.63) is 48.4 Å². The molecular formula is C25H30FN7O2. The zero-order valence-electron chi connectivity index (χ0n) is 20.0. The molecule has 1 atom stereocenters. The number of anilines is 3. The Morgan fingerprint density at radius 3 is 2.77 bits per heavy atom. The summed E-state index contributed by atoms with van der Waals surface area (Å²) in [5, 5.41) is 2.84. The molecule has 1 aliphatic rings. The van der Waals surface area contributed by atoms with Gasteiger partial charge in [0.25, 0.3) is 5.91 Å². The maximum Gasteiger partial charge on any atom is 0.276 e. The number of hydrogen-bond donors (Lipinski definition) is 2. The highest BCUT2D eigenvalue weighted by molar-refractivity contribution is 6.07. The molecule has 4 heterocycles. The fourth-order valence-corrected chi connectivity index (χ4v) is 3.82. The SMILES string of the molecule is CCC(C)COc1cncc(-c2nc(C(=O)Nc3cnccc3N3CCCCC3)c(N)cc2F)n1. The van der Waals surface area contributed by atoms with Gasteiger partial charge in [-0.25, -0.2) is 14.4 Å².